The number of unbranched alkanes of at least 4 members (excludes halogenated alkanes) is 1. The number of hydrogen-bond donors (Lipinski definition) is 0. The van der Waals surface area contributed by atoms with Crippen LogP contribution in [0.15, 0.2) is 42.5 Å². The topological polar surface area (TPSA) is 49.9 Å². The Morgan fingerprint density at radius 3 is 2.51 bits per heavy atom. The molecule has 0 aromatic heterocycles. The first-order valence-corrected chi connectivity index (χ1v) is 13.3. The van der Waals surface area contributed by atoms with Gasteiger partial charge in [-0.2, -0.15) is 0 Å². The second-order valence-corrected chi connectivity index (χ2v) is 9.87. The van der Waals surface area contributed by atoms with E-state index in [-0.39, 0.29) is 18.3 Å². The number of carbonyl (C=O) groups is 2. The van der Waals surface area contributed by atoms with Gasteiger partial charge in [0.25, 0.3) is 5.91 Å². The molecule has 2 aromatic carbocycles. The zero-order valence-electron chi connectivity index (χ0n) is 22.0. The number of ketones is 1. The number of amides is 1. The number of carbonyl (C=O) groups excluding carboxylic acids is 2. The molecule has 5 heteroatoms. The van der Waals surface area contributed by atoms with Crippen LogP contribution >= 0.6 is 0 Å². The van der Waals surface area contributed by atoms with Gasteiger partial charge < -0.3 is 14.5 Å². The first-order chi connectivity index (χ1) is 16.9. The average molecular weight is 479 g/mol. The van der Waals surface area contributed by atoms with Crippen molar-refractivity contribution in [1.82, 2.24) is 4.90 Å². The molecular formula is C30H42N2O3. The molecule has 0 aliphatic carbocycles. The molecule has 1 aliphatic heterocycles. The van der Waals surface area contributed by atoms with Gasteiger partial charge in [0.1, 0.15) is 5.75 Å². The van der Waals surface area contributed by atoms with Crippen LogP contribution in [0.5, 0.6) is 5.75 Å². The van der Waals surface area contributed by atoms with E-state index in [4.69, 9.17) is 4.74 Å². The fourth-order valence-electron chi connectivity index (χ4n) is 4.80. The van der Waals surface area contributed by atoms with Crippen LogP contribution in [-0.2, 0) is 11.2 Å². The normalized spacial score (nSPS) is 14.1. The van der Waals surface area contributed by atoms with Gasteiger partial charge in [-0.3, -0.25) is 9.59 Å². The Morgan fingerprint density at radius 1 is 1.06 bits per heavy atom. The standard InChI is InChI=1S/C30H42N2O3/c1-5-16-31(19-15-25(6-2)20-26-11-9-23(3)10-12-26)17-7-8-18-32-28-14-13-27(24(4)33)21-29(28)35-22-30(32)34/h9-14,21,25H,5-8,15-20,22H2,1-4H3. The summed E-state index contributed by atoms with van der Waals surface area (Å²) < 4.78 is 5.59. The van der Waals surface area contributed by atoms with Crippen LogP contribution in [0.2, 0.25) is 0 Å². The summed E-state index contributed by atoms with van der Waals surface area (Å²) in [6, 6.07) is 14.3. The third-order valence-electron chi connectivity index (χ3n) is 7.03. The molecule has 35 heavy (non-hydrogen) atoms. The van der Waals surface area contributed by atoms with Gasteiger partial charge in [0.2, 0.25) is 0 Å². The SMILES string of the molecule is CCCN(CCCCN1C(=O)COc2cc(C(C)=O)ccc21)CCC(CC)Cc1ccc(C)cc1. The zero-order chi connectivity index (χ0) is 25.2. The molecule has 1 heterocycles. The predicted octanol–water partition coefficient (Wildman–Crippen LogP) is 6.07. The minimum absolute atomic E-state index is 0.0000401. The fourth-order valence-corrected chi connectivity index (χ4v) is 4.80. The first kappa shape index (κ1) is 26.9. The molecule has 0 radical (unpaired) electrons. The van der Waals surface area contributed by atoms with Crippen LogP contribution < -0.4 is 9.64 Å². The van der Waals surface area contributed by atoms with Crippen LogP contribution in [0.1, 0.15) is 74.4 Å². The molecule has 3 rings (SSSR count). The highest BCUT2D eigenvalue weighted by Crippen LogP contribution is 2.33. The molecular weight excluding hydrogens is 436 g/mol. The van der Waals surface area contributed by atoms with Crippen molar-refractivity contribution in [3.8, 4) is 5.75 Å². The minimum Gasteiger partial charge on any atom is -0.482 e. The van der Waals surface area contributed by atoms with Gasteiger partial charge in [-0.05, 0) is 95.3 Å². The highest BCUT2D eigenvalue weighted by molar-refractivity contribution is 6.00. The molecule has 190 valence electrons. The third-order valence-corrected chi connectivity index (χ3v) is 7.03. The van der Waals surface area contributed by atoms with Crippen LogP contribution in [0.4, 0.5) is 5.69 Å². The van der Waals surface area contributed by atoms with Gasteiger partial charge in [0.05, 0.1) is 5.69 Å². The summed E-state index contributed by atoms with van der Waals surface area (Å²) in [6.07, 6.45) is 6.74. The number of aryl methyl sites for hydroxylation is 1. The third kappa shape index (κ3) is 7.93. The predicted molar refractivity (Wildman–Crippen MR) is 144 cm³/mol. The zero-order valence-corrected chi connectivity index (χ0v) is 22.0. The largest absolute Gasteiger partial charge is 0.482 e. The highest BCUT2D eigenvalue weighted by atomic mass is 16.5. The van der Waals surface area contributed by atoms with Crippen molar-refractivity contribution < 1.29 is 14.3 Å². The maximum absolute atomic E-state index is 12.5. The Labute approximate surface area is 211 Å². The summed E-state index contributed by atoms with van der Waals surface area (Å²) >= 11 is 0. The Balaban J connectivity index is 1.48. The number of ether oxygens (including phenoxy) is 1. The van der Waals surface area contributed by atoms with Crippen molar-refractivity contribution in [3.05, 3.63) is 59.2 Å². The van der Waals surface area contributed by atoms with E-state index >= 15 is 0 Å². The number of anilines is 1. The van der Waals surface area contributed by atoms with Crippen LogP contribution in [0, 0.1) is 12.8 Å². The molecule has 1 atom stereocenters. The first-order valence-electron chi connectivity index (χ1n) is 13.3. The number of benzene rings is 2. The summed E-state index contributed by atoms with van der Waals surface area (Å²) in [5, 5.41) is 0. The molecule has 2 aromatic rings. The second kappa shape index (κ2) is 13.4. The lowest BCUT2D eigenvalue weighted by Gasteiger charge is -2.30. The lowest BCUT2D eigenvalue weighted by molar-refractivity contribution is -0.121. The smallest absolute Gasteiger partial charge is 0.265 e. The molecule has 0 fully saturated rings. The molecule has 5 nitrogen and oxygen atoms in total. The summed E-state index contributed by atoms with van der Waals surface area (Å²) in [6.45, 7) is 12.3. The molecule has 1 amide bonds. The van der Waals surface area contributed by atoms with E-state index in [1.165, 1.54) is 24.0 Å². The minimum atomic E-state index is -0.0135. The summed E-state index contributed by atoms with van der Waals surface area (Å²) in [5.41, 5.74) is 4.15. The molecule has 1 unspecified atom stereocenters. The van der Waals surface area contributed by atoms with Crippen molar-refractivity contribution in [1.29, 1.82) is 0 Å². The van der Waals surface area contributed by atoms with Crippen molar-refractivity contribution in [2.24, 2.45) is 5.92 Å². The van der Waals surface area contributed by atoms with E-state index < -0.39 is 0 Å². The number of rotatable bonds is 14. The molecule has 0 N–H and O–H groups in total. The monoisotopic (exact) mass is 478 g/mol. The van der Waals surface area contributed by atoms with Crippen molar-refractivity contribution in [2.75, 3.05) is 37.7 Å². The number of nitrogens with zero attached hydrogens (tertiary/aromatic N) is 2. The van der Waals surface area contributed by atoms with Crippen LogP contribution in [0.25, 0.3) is 0 Å². The quantitative estimate of drug-likeness (QED) is 0.244. The number of Topliss-reactive ketones (excluding diaryl/α,β-unsaturated/α-hetero) is 1. The van der Waals surface area contributed by atoms with Gasteiger partial charge in [-0.15, -0.1) is 0 Å². The van der Waals surface area contributed by atoms with E-state index in [0.717, 1.165) is 51.0 Å². The second-order valence-electron chi connectivity index (χ2n) is 9.87. The number of fused-ring (bicyclic) bond motifs is 1. The lowest BCUT2D eigenvalue weighted by atomic mass is 9.93. The van der Waals surface area contributed by atoms with Crippen molar-refractivity contribution in [3.63, 3.8) is 0 Å². The highest BCUT2D eigenvalue weighted by Gasteiger charge is 2.25. The fraction of sp³-hybridized carbons (Fsp3) is 0.533. The Kier molecular flexibility index (Phi) is 10.3. The molecule has 0 saturated carbocycles. The molecule has 0 saturated heterocycles. The van der Waals surface area contributed by atoms with Gasteiger partial charge in [-0.1, -0.05) is 50.1 Å². The van der Waals surface area contributed by atoms with E-state index in [0.29, 0.717) is 23.8 Å². The van der Waals surface area contributed by atoms with Gasteiger partial charge in [0, 0.05) is 12.1 Å². The van der Waals surface area contributed by atoms with Crippen LogP contribution in [-0.4, -0.2) is 49.4 Å². The molecule has 0 spiro atoms. The van der Waals surface area contributed by atoms with E-state index in [1.807, 2.05) is 11.0 Å². The Hall–Kier alpha value is -2.66. The van der Waals surface area contributed by atoms with Gasteiger partial charge in [-0.25, -0.2) is 0 Å². The number of hydrogen-bond acceptors (Lipinski definition) is 4. The van der Waals surface area contributed by atoms with Crippen LogP contribution in [0.3, 0.4) is 0 Å². The van der Waals surface area contributed by atoms with Crippen molar-refractivity contribution >= 4 is 17.4 Å². The van der Waals surface area contributed by atoms with Gasteiger partial charge in [0.15, 0.2) is 12.4 Å². The molecule has 0 bridgehead atoms. The van der Waals surface area contributed by atoms with E-state index in [9.17, 15) is 9.59 Å². The maximum Gasteiger partial charge on any atom is 0.265 e. The van der Waals surface area contributed by atoms with Crippen molar-refractivity contribution in [2.45, 2.75) is 66.2 Å². The van der Waals surface area contributed by atoms with E-state index in [2.05, 4.69) is 49.9 Å². The maximum atomic E-state index is 12.5. The summed E-state index contributed by atoms with van der Waals surface area (Å²) in [4.78, 5) is 28.6. The summed E-state index contributed by atoms with van der Waals surface area (Å²) in [5.74, 6) is 1.32. The Bertz CT molecular complexity index is 970. The lowest BCUT2D eigenvalue weighted by Crippen LogP contribution is -2.39. The Morgan fingerprint density at radius 2 is 1.83 bits per heavy atom. The average Bonchev–Trinajstić information content (AvgIpc) is 2.85. The summed E-state index contributed by atoms with van der Waals surface area (Å²) in [7, 11) is 0. The van der Waals surface area contributed by atoms with E-state index in [1.54, 1.807) is 19.1 Å². The molecule has 1 aliphatic rings. The van der Waals surface area contributed by atoms with Gasteiger partial charge >= 0.3 is 0 Å².